The maximum atomic E-state index is 10.9. The average Bonchev–Trinajstić information content (AvgIpc) is 2.45. The van der Waals surface area contributed by atoms with Crippen molar-refractivity contribution < 1.29 is 19.5 Å². The highest BCUT2D eigenvalue weighted by molar-refractivity contribution is 5.69. The molecule has 0 aliphatic carbocycles. The summed E-state index contributed by atoms with van der Waals surface area (Å²) < 4.78 is 0. The van der Waals surface area contributed by atoms with Gasteiger partial charge in [-0.3, -0.25) is 9.69 Å². The van der Waals surface area contributed by atoms with Crippen molar-refractivity contribution in [2.45, 2.75) is 0 Å². The Labute approximate surface area is 132 Å². The van der Waals surface area contributed by atoms with Gasteiger partial charge in [-0.25, -0.2) is 0 Å². The van der Waals surface area contributed by atoms with Crippen LogP contribution in [-0.4, -0.2) is 117 Å². The molecule has 22 heavy (non-hydrogen) atoms. The second-order valence-electron chi connectivity index (χ2n) is 5.66. The monoisotopic (exact) mass is 316 g/mol. The quantitative estimate of drug-likeness (QED) is 0.666. The van der Waals surface area contributed by atoms with Crippen molar-refractivity contribution in [2.24, 2.45) is 0 Å². The van der Waals surface area contributed by atoms with E-state index in [0.29, 0.717) is 0 Å². The fraction of sp³-hybridized carbons (Fsp3) is 0.857. The smallest absolute Gasteiger partial charge is 0.373 e. The molecule has 0 spiro atoms. The van der Waals surface area contributed by atoms with E-state index in [-0.39, 0.29) is 12.7 Å². The van der Waals surface area contributed by atoms with Crippen LogP contribution in [0.2, 0.25) is 0 Å². The Kier molecular flexibility index (Phi) is 11.5. The van der Waals surface area contributed by atoms with Crippen molar-refractivity contribution in [1.82, 2.24) is 19.6 Å². The zero-order valence-electron chi connectivity index (χ0n) is 13.8. The number of carboxylic acid groups (broad SMARTS) is 1. The summed E-state index contributed by atoms with van der Waals surface area (Å²) in [5, 5.41) is 8.95. The average molecular weight is 316 g/mol. The first-order valence-corrected chi connectivity index (χ1v) is 7.38. The van der Waals surface area contributed by atoms with Gasteiger partial charge in [0.2, 0.25) is 0 Å². The number of hydrogen-bond acceptors (Lipinski definition) is 7. The predicted octanol–water partition coefficient (Wildman–Crippen LogP) is -1.40. The summed E-state index contributed by atoms with van der Waals surface area (Å²) in [6.45, 7) is 7.80. The zero-order valence-corrected chi connectivity index (χ0v) is 13.8. The van der Waals surface area contributed by atoms with Gasteiger partial charge in [-0.2, -0.15) is 9.59 Å². The predicted molar refractivity (Wildman–Crippen MR) is 81.6 cm³/mol. The van der Waals surface area contributed by atoms with Crippen molar-refractivity contribution in [3.8, 4) is 0 Å². The topological polar surface area (TPSA) is 84.4 Å². The van der Waals surface area contributed by atoms with Gasteiger partial charge in [-0.05, 0) is 21.1 Å². The SMILES string of the molecule is CN1CCN(C)CCN(CC(=O)O)CCN(C)CC1.O=C=O. The van der Waals surface area contributed by atoms with Crippen LogP contribution in [0.5, 0.6) is 0 Å². The third-order valence-corrected chi connectivity index (χ3v) is 3.68. The molecule has 0 aromatic heterocycles. The van der Waals surface area contributed by atoms with Crippen LogP contribution in [0.25, 0.3) is 0 Å². The second-order valence-corrected chi connectivity index (χ2v) is 5.66. The van der Waals surface area contributed by atoms with Gasteiger partial charge < -0.3 is 19.8 Å². The number of rotatable bonds is 2. The number of likely N-dealkylation sites (N-methyl/N-ethyl adjacent to an activating group) is 3. The van der Waals surface area contributed by atoms with Gasteiger partial charge in [0.15, 0.2) is 0 Å². The Bertz CT molecular complexity index is 330. The van der Waals surface area contributed by atoms with E-state index in [9.17, 15) is 4.79 Å². The first kappa shape index (κ1) is 20.7. The van der Waals surface area contributed by atoms with Crippen molar-refractivity contribution in [3.63, 3.8) is 0 Å². The molecule has 0 aromatic carbocycles. The van der Waals surface area contributed by atoms with Gasteiger partial charge in [0, 0.05) is 52.4 Å². The van der Waals surface area contributed by atoms with Crippen LogP contribution in [0.3, 0.4) is 0 Å². The van der Waals surface area contributed by atoms with Crippen LogP contribution in [-0.2, 0) is 14.4 Å². The second kappa shape index (κ2) is 12.3. The first-order valence-electron chi connectivity index (χ1n) is 7.38. The summed E-state index contributed by atoms with van der Waals surface area (Å²) in [4.78, 5) is 36.1. The van der Waals surface area contributed by atoms with Crippen molar-refractivity contribution >= 4 is 12.1 Å². The summed E-state index contributed by atoms with van der Waals surface area (Å²) in [5.41, 5.74) is 0. The molecular weight excluding hydrogens is 288 g/mol. The molecule has 0 unspecified atom stereocenters. The minimum Gasteiger partial charge on any atom is -0.480 e. The molecule has 0 radical (unpaired) electrons. The van der Waals surface area contributed by atoms with Crippen LogP contribution in [0.4, 0.5) is 0 Å². The molecule has 0 aromatic rings. The minimum atomic E-state index is -0.739. The molecule has 0 bridgehead atoms. The Morgan fingerprint density at radius 2 is 1.09 bits per heavy atom. The molecule has 1 N–H and O–H groups in total. The minimum absolute atomic E-state index is 0.140. The number of hydrogen-bond donors (Lipinski definition) is 1. The van der Waals surface area contributed by atoms with Crippen molar-refractivity contribution in [2.75, 3.05) is 80.0 Å². The van der Waals surface area contributed by atoms with Crippen LogP contribution < -0.4 is 0 Å². The number of carboxylic acids is 1. The molecule has 1 aliphatic heterocycles. The molecule has 0 saturated carbocycles. The summed E-state index contributed by atoms with van der Waals surface area (Å²) in [5.74, 6) is -0.739. The standard InChI is InChI=1S/C13H28N4O2.CO2/c1-14-4-6-15(2)8-10-17(12-13(18)19)11-9-16(3)7-5-14;2-1-3/h4-12H2,1-3H3,(H,18,19);. The molecule has 1 heterocycles. The highest BCUT2D eigenvalue weighted by Crippen LogP contribution is 1.96. The Hall–Kier alpha value is -1.31. The van der Waals surface area contributed by atoms with E-state index < -0.39 is 5.97 Å². The fourth-order valence-electron chi connectivity index (χ4n) is 2.10. The van der Waals surface area contributed by atoms with E-state index in [2.05, 4.69) is 35.8 Å². The van der Waals surface area contributed by atoms with Crippen LogP contribution in [0.15, 0.2) is 0 Å². The maximum absolute atomic E-state index is 10.9. The van der Waals surface area contributed by atoms with Crippen molar-refractivity contribution in [3.05, 3.63) is 0 Å². The lowest BCUT2D eigenvalue weighted by Crippen LogP contribution is -2.44. The molecule has 1 fully saturated rings. The molecule has 1 aliphatic rings. The summed E-state index contributed by atoms with van der Waals surface area (Å²) >= 11 is 0. The van der Waals surface area contributed by atoms with E-state index in [1.165, 1.54) is 0 Å². The largest absolute Gasteiger partial charge is 0.480 e. The Morgan fingerprint density at radius 1 is 0.818 bits per heavy atom. The third-order valence-electron chi connectivity index (χ3n) is 3.68. The highest BCUT2D eigenvalue weighted by Gasteiger charge is 2.13. The molecule has 0 atom stereocenters. The highest BCUT2D eigenvalue weighted by atomic mass is 16.4. The maximum Gasteiger partial charge on any atom is 0.373 e. The normalized spacial score (nSPS) is 20.9. The van der Waals surface area contributed by atoms with Gasteiger partial charge >= 0.3 is 12.1 Å². The number of nitrogens with zero attached hydrogens (tertiary/aromatic N) is 4. The van der Waals surface area contributed by atoms with Gasteiger partial charge in [-0.15, -0.1) is 0 Å². The lowest BCUT2D eigenvalue weighted by atomic mass is 10.3. The summed E-state index contributed by atoms with van der Waals surface area (Å²) in [6, 6.07) is 0. The molecule has 8 heteroatoms. The van der Waals surface area contributed by atoms with Crippen molar-refractivity contribution in [1.29, 1.82) is 0 Å². The lowest BCUT2D eigenvalue weighted by molar-refractivity contribution is -0.191. The Morgan fingerprint density at radius 3 is 1.36 bits per heavy atom. The van der Waals surface area contributed by atoms with Crippen LogP contribution in [0, 0.1) is 0 Å². The lowest BCUT2D eigenvalue weighted by Gasteiger charge is -2.30. The first-order chi connectivity index (χ1) is 10.4. The molecule has 128 valence electrons. The van der Waals surface area contributed by atoms with Gasteiger partial charge in [0.25, 0.3) is 0 Å². The number of carbonyl (C=O) groups excluding carboxylic acids is 2. The third kappa shape index (κ3) is 11.4. The zero-order chi connectivity index (χ0) is 17.0. The van der Waals surface area contributed by atoms with E-state index in [0.717, 1.165) is 52.4 Å². The fourth-order valence-corrected chi connectivity index (χ4v) is 2.10. The summed E-state index contributed by atoms with van der Waals surface area (Å²) in [7, 11) is 6.36. The molecule has 0 amide bonds. The van der Waals surface area contributed by atoms with E-state index in [1.807, 2.05) is 4.90 Å². The number of aliphatic carboxylic acids is 1. The van der Waals surface area contributed by atoms with Gasteiger partial charge in [-0.1, -0.05) is 0 Å². The number of carbonyl (C=O) groups is 1. The molecular formula is C14H28N4O4. The van der Waals surface area contributed by atoms with Crippen LogP contribution in [0.1, 0.15) is 0 Å². The van der Waals surface area contributed by atoms with E-state index in [4.69, 9.17) is 14.7 Å². The Balaban J connectivity index is 0.00000135. The van der Waals surface area contributed by atoms with E-state index >= 15 is 0 Å². The van der Waals surface area contributed by atoms with Gasteiger partial charge in [0.1, 0.15) is 0 Å². The van der Waals surface area contributed by atoms with Gasteiger partial charge in [0.05, 0.1) is 6.54 Å². The van der Waals surface area contributed by atoms with E-state index in [1.54, 1.807) is 0 Å². The molecule has 8 nitrogen and oxygen atoms in total. The van der Waals surface area contributed by atoms with Crippen LogP contribution >= 0.6 is 0 Å². The molecule has 1 saturated heterocycles. The summed E-state index contributed by atoms with van der Waals surface area (Å²) in [6.07, 6.45) is 0.250. The molecule has 1 rings (SSSR count).